The average molecular weight is 219 g/mol. The molecule has 0 aliphatic rings. The van der Waals surface area contributed by atoms with E-state index in [1.807, 2.05) is 18.2 Å². The monoisotopic (exact) mass is 219 g/mol. The first-order valence-electron chi connectivity index (χ1n) is 3.83. The largest absolute Gasteiger partial charge is 0.192 e. The first-order valence-corrected chi connectivity index (χ1v) is 5.53. The first kappa shape index (κ1) is 9.19. The van der Waals surface area contributed by atoms with Crippen molar-refractivity contribution in [1.82, 2.24) is 10.2 Å². The third-order valence-electron chi connectivity index (χ3n) is 1.54. The topological polar surface area (TPSA) is 49.6 Å². The summed E-state index contributed by atoms with van der Waals surface area (Å²) in [6, 6.07) is 9.60. The minimum Gasteiger partial charge on any atom is -0.192 e. The van der Waals surface area contributed by atoms with E-state index in [0.29, 0.717) is 5.56 Å². The van der Waals surface area contributed by atoms with E-state index in [4.69, 9.17) is 5.26 Å². The number of rotatable bonds is 2. The van der Waals surface area contributed by atoms with Gasteiger partial charge in [-0.05, 0) is 12.1 Å². The van der Waals surface area contributed by atoms with Gasteiger partial charge < -0.3 is 0 Å². The van der Waals surface area contributed by atoms with Gasteiger partial charge in [0.1, 0.15) is 11.6 Å². The van der Waals surface area contributed by atoms with Gasteiger partial charge in [0.05, 0.1) is 5.56 Å². The lowest BCUT2D eigenvalue weighted by Gasteiger charge is -1.98. The Hall–Kier alpha value is -1.38. The maximum absolute atomic E-state index is 8.85. The minimum atomic E-state index is 0.674. The van der Waals surface area contributed by atoms with E-state index >= 15 is 0 Å². The van der Waals surface area contributed by atoms with Crippen LogP contribution in [-0.4, -0.2) is 10.2 Å². The van der Waals surface area contributed by atoms with E-state index in [1.54, 1.807) is 11.6 Å². The summed E-state index contributed by atoms with van der Waals surface area (Å²) in [6.45, 7) is 0. The van der Waals surface area contributed by atoms with Gasteiger partial charge in [0.15, 0.2) is 4.34 Å². The van der Waals surface area contributed by atoms with E-state index in [9.17, 15) is 0 Å². The number of benzene rings is 1. The van der Waals surface area contributed by atoms with E-state index in [-0.39, 0.29) is 0 Å². The summed E-state index contributed by atoms with van der Waals surface area (Å²) >= 11 is 2.94. The molecule has 0 radical (unpaired) electrons. The lowest BCUT2D eigenvalue weighted by molar-refractivity contribution is 1.01. The zero-order valence-corrected chi connectivity index (χ0v) is 8.68. The number of nitriles is 1. The van der Waals surface area contributed by atoms with Crippen LogP contribution in [0, 0.1) is 11.3 Å². The quantitative estimate of drug-likeness (QED) is 0.778. The van der Waals surface area contributed by atoms with Gasteiger partial charge >= 0.3 is 0 Å². The average Bonchev–Trinajstić information content (AvgIpc) is 2.71. The van der Waals surface area contributed by atoms with Gasteiger partial charge in [-0.2, -0.15) is 5.26 Å². The molecule has 1 aromatic carbocycles. The molecule has 0 aliphatic heterocycles. The molecular formula is C9H5N3S2. The van der Waals surface area contributed by atoms with E-state index in [1.165, 1.54) is 23.1 Å². The van der Waals surface area contributed by atoms with Gasteiger partial charge in [-0.15, -0.1) is 10.2 Å². The number of nitrogens with zero attached hydrogens (tertiary/aromatic N) is 3. The molecule has 5 heteroatoms. The van der Waals surface area contributed by atoms with Crippen molar-refractivity contribution in [2.45, 2.75) is 9.24 Å². The fraction of sp³-hybridized carbons (Fsp3) is 0. The number of hydrogen-bond donors (Lipinski definition) is 0. The first-order chi connectivity index (χ1) is 6.90. The molecule has 0 atom stereocenters. The lowest BCUT2D eigenvalue weighted by Crippen LogP contribution is -1.79. The Morgan fingerprint density at radius 2 is 2.21 bits per heavy atom. The zero-order valence-electron chi connectivity index (χ0n) is 7.04. The molecule has 0 unspecified atom stereocenters. The van der Waals surface area contributed by atoms with Crippen molar-refractivity contribution >= 4 is 23.1 Å². The van der Waals surface area contributed by atoms with Crippen LogP contribution in [0.3, 0.4) is 0 Å². The maximum Gasteiger partial charge on any atom is 0.178 e. The Morgan fingerprint density at radius 3 is 2.93 bits per heavy atom. The Balaban J connectivity index is 2.30. The number of hydrogen-bond acceptors (Lipinski definition) is 5. The fourth-order valence-electron chi connectivity index (χ4n) is 0.949. The Labute approximate surface area is 89.4 Å². The highest BCUT2D eigenvalue weighted by atomic mass is 32.2. The molecule has 0 aliphatic carbocycles. The van der Waals surface area contributed by atoms with Gasteiger partial charge in [-0.1, -0.05) is 35.2 Å². The summed E-state index contributed by atoms with van der Waals surface area (Å²) in [5.41, 5.74) is 2.35. The molecule has 68 valence electrons. The van der Waals surface area contributed by atoms with Gasteiger partial charge in [-0.3, -0.25) is 0 Å². The smallest absolute Gasteiger partial charge is 0.178 e. The summed E-state index contributed by atoms with van der Waals surface area (Å²) in [5.74, 6) is 0. The summed E-state index contributed by atoms with van der Waals surface area (Å²) in [6.07, 6.45) is 0. The molecule has 0 bridgehead atoms. The van der Waals surface area contributed by atoms with Crippen LogP contribution >= 0.6 is 23.1 Å². The summed E-state index contributed by atoms with van der Waals surface area (Å²) in [7, 11) is 0. The molecule has 0 spiro atoms. The van der Waals surface area contributed by atoms with Crippen molar-refractivity contribution in [2.75, 3.05) is 0 Å². The highest BCUT2D eigenvalue weighted by molar-refractivity contribution is 8.01. The molecule has 3 nitrogen and oxygen atoms in total. The van der Waals surface area contributed by atoms with Crippen LogP contribution in [0.25, 0.3) is 0 Å². The highest BCUT2D eigenvalue weighted by Gasteiger charge is 2.04. The normalized spacial score (nSPS) is 9.64. The summed E-state index contributed by atoms with van der Waals surface area (Å²) in [4.78, 5) is 0.923. The van der Waals surface area contributed by atoms with Crippen LogP contribution in [-0.2, 0) is 0 Å². The Bertz CT molecular complexity index is 459. The second-order valence-corrected chi connectivity index (χ2v) is 4.54. The zero-order chi connectivity index (χ0) is 9.80. The predicted molar refractivity (Wildman–Crippen MR) is 55.2 cm³/mol. The van der Waals surface area contributed by atoms with E-state index < -0.39 is 0 Å². The second kappa shape index (κ2) is 4.22. The molecule has 0 saturated heterocycles. The second-order valence-electron chi connectivity index (χ2n) is 2.41. The minimum absolute atomic E-state index is 0.674. The van der Waals surface area contributed by atoms with Crippen molar-refractivity contribution in [1.29, 1.82) is 5.26 Å². The van der Waals surface area contributed by atoms with Gasteiger partial charge in [0.2, 0.25) is 0 Å². The van der Waals surface area contributed by atoms with Crippen molar-refractivity contribution in [3.63, 3.8) is 0 Å². The SMILES string of the molecule is N#Cc1ccccc1Sc1nncs1. The van der Waals surface area contributed by atoms with Crippen molar-refractivity contribution in [2.24, 2.45) is 0 Å². The number of aromatic nitrogens is 2. The van der Waals surface area contributed by atoms with Crippen LogP contribution < -0.4 is 0 Å². The molecule has 0 saturated carbocycles. The molecule has 1 heterocycles. The molecule has 0 amide bonds. The van der Waals surface area contributed by atoms with Crippen molar-refractivity contribution in [3.05, 3.63) is 35.3 Å². The van der Waals surface area contributed by atoms with Crippen LogP contribution in [0.4, 0.5) is 0 Å². The van der Waals surface area contributed by atoms with Crippen molar-refractivity contribution < 1.29 is 0 Å². The Kier molecular flexibility index (Phi) is 2.77. The molecule has 2 aromatic rings. The van der Waals surface area contributed by atoms with Crippen LogP contribution in [0.1, 0.15) is 5.56 Å². The fourth-order valence-corrected chi connectivity index (χ4v) is 2.47. The highest BCUT2D eigenvalue weighted by Crippen LogP contribution is 2.30. The molecule has 1 aromatic heterocycles. The van der Waals surface area contributed by atoms with Crippen LogP contribution in [0.15, 0.2) is 39.0 Å². The molecule has 14 heavy (non-hydrogen) atoms. The van der Waals surface area contributed by atoms with Gasteiger partial charge in [0, 0.05) is 4.90 Å². The maximum atomic E-state index is 8.85. The molecule has 0 fully saturated rings. The van der Waals surface area contributed by atoms with E-state index in [0.717, 1.165) is 9.24 Å². The third-order valence-corrected chi connectivity index (χ3v) is 3.40. The lowest BCUT2D eigenvalue weighted by atomic mass is 10.2. The van der Waals surface area contributed by atoms with Crippen LogP contribution in [0.5, 0.6) is 0 Å². The van der Waals surface area contributed by atoms with E-state index in [2.05, 4.69) is 16.3 Å². The predicted octanol–water partition coefficient (Wildman–Crippen LogP) is 2.56. The van der Waals surface area contributed by atoms with Gasteiger partial charge in [-0.25, -0.2) is 0 Å². The standard InChI is InChI=1S/C9H5N3S2/c10-5-7-3-1-2-4-8(7)14-9-12-11-6-13-9/h1-4,6H. The summed E-state index contributed by atoms with van der Waals surface area (Å²) < 4.78 is 0.854. The summed E-state index contributed by atoms with van der Waals surface area (Å²) in [5, 5.41) is 16.5. The van der Waals surface area contributed by atoms with Gasteiger partial charge in [0.25, 0.3) is 0 Å². The molecular weight excluding hydrogens is 214 g/mol. The third kappa shape index (κ3) is 1.92. The Morgan fingerprint density at radius 1 is 1.36 bits per heavy atom. The van der Waals surface area contributed by atoms with Crippen molar-refractivity contribution in [3.8, 4) is 6.07 Å². The van der Waals surface area contributed by atoms with Crippen LogP contribution in [0.2, 0.25) is 0 Å². The molecule has 2 rings (SSSR count). The molecule has 0 N–H and O–H groups in total.